The topological polar surface area (TPSA) is 43.4 Å². The largest absolute Gasteiger partial charge is 0.486 e. The Balaban J connectivity index is 1.76. The fourth-order valence-electron chi connectivity index (χ4n) is 2.16. The molecule has 3 rings (SSSR count). The Morgan fingerprint density at radius 2 is 1.95 bits per heavy atom. The average molecular weight is 310 g/mol. The molecule has 1 aliphatic rings. The summed E-state index contributed by atoms with van der Waals surface area (Å²) in [7, 11) is 0. The molecule has 1 aliphatic heterocycles. The lowest BCUT2D eigenvalue weighted by Gasteiger charge is -2.21. The minimum absolute atomic E-state index is 0.157. The maximum atomic E-state index is 12.7. The van der Waals surface area contributed by atoms with Crippen LogP contribution in [0.5, 0.6) is 11.5 Å². The molecule has 0 aliphatic carbocycles. The zero-order valence-electron chi connectivity index (χ0n) is 11.5. The number of para-hydroxylation sites is 1. The van der Waals surface area contributed by atoms with Gasteiger partial charge < -0.3 is 14.8 Å². The van der Waals surface area contributed by atoms with Crippen molar-refractivity contribution in [2.45, 2.75) is 12.7 Å². The Labute approximate surface area is 124 Å². The number of anilines is 1. The molecular weight excluding hydrogens is 297 g/mol. The number of halogens is 3. The number of fused-ring (bicyclic) bond motifs is 1. The molecule has 7 heteroatoms. The van der Waals surface area contributed by atoms with Crippen molar-refractivity contribution in [3.63, 3.8) is 0 Å². The van der Waals surface area contributed by atoms with Crippen molar-refractivity contribution in [2.24, 2.45) is 0 Å². The van der Waals surface area contributed by atoms with Crippen LogP contribution in [0.3, 0.4) is 0 Å². The molecule has 0 atom stereocenters. The second-order valence-electron chi connectivity index (χ2n) is 4.72. The maximum absolute atomic E-state index is 12.7. The average Bonchev–Trinajstić information content (AvgIpc) is 2.52. The van der Waals surface area contributed by atoms with E-state index in [1.165, 1.54) is 0 Å². The first kappa shape index (κ1) is 14.5. The van der Waals surface area contributed by atoms with Crippen molar-refractivity contribution in [3.05, 3.63) is 47.7 Å². The van der Waals surface area contributed by atoms with Crippen LogP contribution >= 0.6 is 0 Å². The number of pyridine rings is 1. The van der Waals surface area contributed by atoms with Gasteiger partial charge in [-0.25, -0.2) is 4.98 Å². The van der Waals surface area contributed by atoms with Crippen LogP contribution in [0.15, 0.2) is 36.5 Å². The summed E-state index contributed by atoms with van der Waals surface area (Å²) < 4.78 is 49.0. The molecule has 116 valence electrons. The molecule has 0 fully saturated rings. The van der Waals surface area contributed by atoms with Crippen molar-refractivity contribution in [1.29, 1.82) is 0 Å². The summed E-state index contributed by atoms with van der Waals surface area (Å²) in [6, 6.07) is 7.35. The molecule has 1 aromatic heterocycles. The highest BCUT2D eigenvalue weighted by molar-refractivity contribution is 5.49. The molecule has 0 unspecified atom stereocenters. The smallest absolute Gasteiger partial charge is 0.416 e. The number of aromatic nitrogens is 1. The Morgan fingerprint density at radius 1 is 1.14 bits per heavy atom. The van der Waals surface area contributed by atoms with Gasteiger partial charge in [0.2, 0.25) is 0 Å². The first-order valence-electron chi connectivity index (χ1n) is 6.68. The third kappa shape index (κ3) is 3.08. The van der Waals surface area contributed by atoms with Gasteiger partial charge in [-0.3, -0.25) is 0 Å². The van der Waals surface area contributed by atoms with Crippen LogP contribution in [-0.2, 0) is 12.7 Å². The van der Waals surface area contributed by atoms with Crippen molar-refractivity contribution < 1.29 is 22.6 Å². The fraction of sp³-hybridized carbons (Fsp3) is 0.267. The quantitative estimate of drug-likeness (QED) is 0.942. The number of hydrogen-bond donors (Lipinski definition) is 1. The molecule has 2 aromatic rings. The third-order valence-corrected chi connectivity index (χ3v) is 3.19. The van der Waals surface area contributed by atoms with E-state index in [1.54, 1.807) is 6.07 Å². The zero-order chi connectivity index (χ0) is 15.6. The Morgan fingerprint density at radius 3 is 2.77 bits per heavy atom. The van der Waals surface area contributed by atoms with Crippen LogP contribution in [0.25, 0.3) is 0 Å². The fourth-order valence-corrected chi connectivity index (χ4v) is 2.16. The Hall–Kier alpha value is -2.44. The molecule has 22 heavy (non-hydrogen) atoms. The molecule has 2 heterocycles. The predicted octanol–water partition coefficient (Wildman–Crippen LogP) is 3.48. The van der Waals surface area contributed by atoms with Gasteiger partial charge in [-0.05, 0) is 18.2 Å². The molecule has 4 nitrogen and oxygen atoms in total. The summed E-state index contributed by atoms with van der Waals surface area (Å²) in [6.07, 6.45) is -3.26. The minimum atomic E-state index is -4.39. The summed E-state index contributed by atoms with van der Waals surface area (Å²) in [6.45, 7) is 1.23. The Bertz CT molecular complexity index is 674. The van der Waals surface area contributed by atoms with Gasteiger partial charge in [0.1, 0.15) is 19.0 Å². The van der Waals surface area contributed by atoms with Gasteiger partial charge in [-0.2, -0.15) is 13.2 Å². The van der Waals surface area contributed by atoms with Crippen LogP contribution in [0.1, 0.15) is 11.1 Å². The van der Waals surface area contributed by atoms with Gasteiger partial charge in [0.25, 0.3) is 0 Å². The number of alkyl halides is 3. The lowest BCUT2D eigenvalue weighted by atomic mass is 10.1. The SMILES string of the molecule is FC(F)(F)c1ccnc(NCc2cccc3c2OCCO3)c1. The molecule has 0 spiro atoms. The highest BCUT2D eigenvalue weighted by Crippen LogP contribution is 2.34. The number of benzene rings is 1. The number of ether oxygens (including phenoxy) is 2. The molecule has 0 bridgehead atoms. The molecule has 1 aromatic carbocycles. The van der Waals surface area contributed by atoms with Gasteiger partial charge in [0, 0.05) is 18.3 Å². The molecular formula is C15H13F3N2O2. The van der Waals surface area contributed by atoms with E-state index >= 15 is 0 Å². The summed E-state index contributed by atoms with van der Waals surface area (Å²) in [5, 5.41) is 2.88. The van der Waals surface area contributed by atoms with E-state index in [0.29, 0.717) is 31.3 Å². The predicted molar refractivity (Wildman–Crippen MR) is 74.0 cm³/mol. The summed E-state index contributed by atoms with van der Waals surface area (Å²) in [5.74, 6) is 1.42. The van der Waals surface area contributed by atoms with Crippen LogP contribution in [0.4, 0.5) is 19.0 Å². The van der Waals surface area contributed by atoms with Gasteiger partial charge in [0.05, 0.1) is 5.56 Å². The van der Waals surface area contributed by atoms with Crippen molar-refractivity contribution in [3.8, 4) is 11.5 Å². The summed E-state index contributed by atoms with van der Waals surface area (Å²) >= 11 is 0. The van der Waals surface area contributed by atoms with E-state index in [4.69, 9.17) is 9.47 Å². The highest BCUT2D eigenvalue weighted by atomic mass is 19.4. The van der Waals surface area contributed by atoms with E-state index in [1.807, 2.05) is 12.1 Å². The van der Waals surface area contributed by atoms with Crippen LogP contribution < -0.4 is 14.8 Å². The number of nitrogens with one attached hydrogen (secondary N) is 1. The van der Waals surface area contributed by atoms with E-state index in [9.17, 15) is 13.2 Å². The van der Waals surface area contributed by atoms with Gasteiger partial charge in [0.15, 0.2) is 11.5 Å². The second kappa shape index (κ2) is 5.75. The van der Waals surface area contributed by atoms with Crippen LogP contribution in [-0.4, -0.2) is 18.2 Å². The lowest BCUT2D eigenvalue weighted by Crippen LogP contribution is -2.17. The minimum Gasteiger partial charge on any atom is -0.486 e. The molecule has 1 N–H and O–H groups in total. The third-order valence-electron chi connectivity index (χ3n) is 3.19. The van der Waals surface area contributed by atoms with Gasteiger partial charge in [-0.1, -0.05) is 12.1 Å². The lowest BCUT2D eigenvalue weighted by molar-refractivity contribution is -0.137. The highest BCUT2D eigenvalue weighted by Gasteiger charge is 2.30. The standard InChI is InChI=1S/C15H13F3N2O2/c16-15(17,18)11-4-5-19-13(8-11)20-9-10-2-1-3-12-14(10)22-7-6-21-12/h1-5,8H,6-7,9H2,(H,19,20). The molecule has 0 amide bonds. The second-order valence-corrected chi connectivity index (χ2v) is 4.72. The van der Waals surface area contributed by atoms with E-state index < -0.39 is 11.7 Å². The molecule has 0 saturated heterocycles. The summed E-state index contributed by atoms with van der Waals surface area (Å²) in [5.41, 5.74) is 0.0658. The van der Waals surface area contributed by atoms with E-state index in [0.717, 1.165) is 23.9 Å². The summed E-state index contributed by atoms with van der Waals surface area (Å²) in [4.78, 5) is 3.90. The van der Waals surface area contributed by atoms with Crippen molar-refractivity contribution in [2.75, 3.05) is 18.5 Å². The molecule has 0 radical (unpaired) electrons. The molecule has 0 saturated carbocycles. The number of rotatable bonds is 3. The monoisotopic (exact) mass is 310 g/mol. The van der Waals surface area contributed by atoms with E-state index in [2.05, 4.69) is 10.3 Å². The van der Waals surface area contributed by atoms with E-state index in [-0.39, 0.29) is 5.82 Å². The first-order chi connectivity index (χ1) is 10.5. The Kier molecular flexibility index (Phi) is 3.79. The van der Waals surface area contributed by atoms with Crippen molar-refractivity contribution in [1.82, 2.24) is 4.98 Å². The van der Waals surface area contributed by atoms with Gasteiger partial charge >= 0.3 is 6.18 Å². The first-order valence-corrected chi connectivity index (χ1v) is 6.68. The number of hydrogen-bond acceptors (Lipinski definition) is 4. The normalized spacial score (nSPS) is 13.8. The van der Waals surface area contributed by atoms with Crippen LogP contribution in [0.2, 0.25) is 0 Å². The zero-order valence-corrected chi connectivity index (χ0v) is 11.5. The van der Waals surface area contributed by atoms with Crippen LogP contribution in [0, 0.1) is 0 Å². The number of nitrogens with zero attached hydrogens (tertiary/aromatic N) is 1. The van der Waals surface area contributed by atoms with Crippen molar-refractivity contribution >= 4 is 5.82 Å². The van der Waals surface area contributed by atoms with Gasteiger partial charge in [-0.15, -0.1) is 0 Å². The maximum Gasteiger partial charge on any atom is 0.416 e.